The number of nitrogens with zero attached hydrogens (tertiary/aromatic N) is 2. The molecule has 1 aliphatic carbocycles. The van der Waals surface area contributed by atoms with E-state index < -0.39 is 17.6 Å². The lowest BCUT2D eigenvalue weighted by atomic mass is 9.85. The summed E-state index contributed by atoms with van der Waals surface area (Å²) >= 11 is 6.00. The second-order valence-electron chi connectivity index (χ2n) is 8.51. The summed E-state index contributed by atoms with van der Waals surface area (Å²) in [6.45, 7) is 0.758. The maximum atomic E-state index is 13.0. The Labute approximate surface area is 200 Å². The number of halogens is 4. The van der Waals surface area contributed by atoms with E-state index in [1.54, 1.807) is 13.3 Å². The van der Waals surface area contributed by atoms with Gasteiger partial charge in [0.2, 0.25) is 0 Å². The highest BCUT2D eigenvalue weighted by atomic mass is 35.5. The van der Waals surface area contributed by atoms with Gasteiger partial charge in [-0.1, -0.05) is 11.6 Å². The fraction of sp³-hybridized carbons (Fsp3) is 0.360. The lowest BCUT2D eigenvalue weighted by molar-refractivity contribution is -0.137. The van der Waals surface area contributed by atoms with Crippen LogP contribution in [0.15, 0.2) is 54.7 Å². The molecule has 0 unspecified atom stereocenters. The van der Waals surface area contributed by atoms with Gasteiger partial charge in [-0.25, -0.2) is 0 Å². The summed E-state index contributed by atoms with van der Waals surface area (Å²) < 4.78 is 46.2. The minimum absolute atomic E-state index is 0.00364. The molecule has 0 atom stereocenters. The topological polar surface area (TPSA) is 56.1 Å². The van der Waals surface area contributed by atoms with Crippen molar-refractivity contribution in [1.82, 2.24) is 15.1 Å². The number of carbonyl (C=O) groups is 1. The van der Waals surface area contributed by atoms with Crippen molar-refractivity contribution in [3.63, 3.8) is 0 Å². The number of carbonyl (C=O) groups excluding carboxylic acids is 1. The van der Waals surface area contributed by atoms with Crippen LogP contribution in [0, 0.1) is 5.92 Å². The number of hydrogen-bond acceptors (Lipinski definition) is 3. The number of rotatable bonds is 6. The van der Waals surface area contributed by atoms with Crippen LogP contribution in [0.4, 0.5) is 13.2 Å². The van der Waals surface area contributed by atoms with Gasteiger partial charge in [0, 0.05) is 24.3 Å². The number of benzene rings is 2. The zero-order valence-corrected chi connectivity index (χ0v) is 19.4. The maximum Gasteiger partial charge on any atom is 0.416 e. The first-order valence-corrected chi connectivity index (χ1v) is 11.5. The molecule has 9 heteroatoms. The Kier molecular flexibility index (Phi) is 7.16. The Morgan fingerprint density at radius 1 is 1.12 bits per heavy atom. The smallest absolute Gasteiger partial charge is 0.416 e. The second-order valence-corrected chi connectivity index (χ2v) is 8.92. The van der Waals surface area contributed by atoms with Crippen LogP contribution in [0.3, 0.4) is 0 Å². The molecule has 1 saturated carbocycles. The van der Waals surface area contributed by atoms with Crippen molar-refractivity contribution in [2.75, 3.05) is 7.11 Å². The predicted molar refractivity (Wildman–Crippen MR) is 124 cm³/mol. The van der Waals surface area contributed by atoms with Crippen LogP contribution in [0.1, 0.15) is 41.6 Å². The van der Waals surface area contributed by atoms with Gasteiger partial charge in [-0.15, -0.1) is 0 Å². The first-order valence-electron chi connectivity index (χ1n) is 11.1. The fourth-order valence-corrected chi connectivity index (χ4v) is 4.56. The van der Waals surface area contributed by atoms with Crippen molar-refractivity contribution >= 4 is 17.5 Å². The lowest BCUT2D eigenvalue weighted by Gasteiger charge is -2.29. The summed E-state index contributed by atoms with van der Waals surface area (Å²) in [6, 6.07) is 12.5. The number of hydrogen-bond donors (Lipinski definition) is 1. The number of ether oxygens (including phenoxy) is 1. The van der Waals surface area contributed by atoms with Crippen molar-refractivity contribution in [2.24, 2.45) is 5.92 Å². The molecular formula is C25H25ClF3N3O2. The zero-order valence-electron chi connectivity index (χ0n) is 18.6. The number of amides is 1. The van der Waals surface area contributed by atoms with Gasteiger partial charge in [-0.05, 0) is 80.1 Å². The van der Waals surface area contributed by atoms with Crippen molar-refractivity contribution in [1.29, 1.82) is 0 Å². The number of alkyl halides is 3. The van der Waals surface area contributed by atoms with Gasteiger partial charge in [0.1, 0.15) is 5.75 Å². The van der Waals surface area contributed by atoms with Crippen molar-refractivity contribution < 1.29 is 22.7 Å². The third-order valence-electron chi connectivity index (χ3n) is 6.25. The largest absolute Gasteiger partial charge is 0.497 e. The molecule has 4 rings (SSSR count). The van der Waals surface area contributed by atoms with Gasteiger partial charge in [-0.3, -0.25) is 9.48 Å². The van der Waals surface area contributed by atoms with Crippen molar-refractivity contribution in [3.05, 3.63) is 70.9 Å². The van der Waals surface area contributed by atoms with Gasteiger partial charge >= 0.3 is 6.18 Å². The first-order chi connectivity index (χ1) is 16.2. The van der Waals surface area contributed by atoms with Crippen LogP contribution >= 0.6 is 11.6 Å². The van der Waals surface area contributed by atoms with E-state index in [2.05, 4.69) is 10.4 Å². The minimum Gasteiger partial charge on any atom is -0.497 e. The standard InChI is InChI=1S/C25H25ClF3N3O2/c1-34-20-9-4-17(5-10-20)23-12-13-30-32(23)15-16-2-7-19(8-3-16)31-24(33)21-14-18(25(27,28)29)6-11-22(21)26/h4-6,9-14,16,19H,2-3,7-8,15H2,1H3,(H,31,33)/t16-,19-. The van der Waals surface area contributed by atoms with Crippen molar-refractivity contribution in [2.45, 2.75) is 44.4 Å². The van der Waals surface area contributed by atoms with Crippen LogP contribution in [0.2, 0.25) is 5.02 Å². The van der Waals surface area contributed by atoms with E-state index in [-0.39, 0.29) is 16.6 Å². The molecule has 0 spiro atoms. The summed E-state index contributed by atoms with van der Waals surface area (Å²) in [6.07, 6.45) is 0.490. The molecule has 1 aliphatic rings. The third-order valence-corrected chi connectivity index (χ3v) is 6.58. The van der Waals surface area contributed by atoms with Crippen LogP contribution in [-0.2, 0) is 12.7 Å². The molecule has 180 valence electrons. The van der Waals surface area contributed by atoms with E-state index in [1.165, 1.54) is 0 Å². The molecule has 0 radical (unpaired) electrons. The Balaban J connectivity index is 1.34. The Morgan fingerprint density at radius 3 is 2.47 bits per heavy atom. The predicted octanol–water partition coefficient (Wildman–Crippen LogP) is 6.22. The minimum atomic E-state index is -4.53. The van der Waals surface area contributed by atoms with Gasteiger partial charge in [0.05, 0.1) is 29.0 Å². The molecule has 1 fully saturated rings. The normalized spacial score (nSPS) is 18.5. The second kappa shape index (κ2) is 10.1. The number of methoxy groups -OCH3 is 1. The van der Waals surface area contributed by atoms with Crippen LogP contribution in [0.25, 0.3) is 11.3 Å². The van der Waals surface area contributed by atoms with E-state index in [0.717, 1.165) is 67.4 Å². The van der Waals surface area contributed by atoms with Gasteiger partial charge in [0.15, 0.2) is 0 Å². The summed E-state index contributed by atoms with van der Waals surface area (Å²) in [5, 5.41) is 7.34. The average molecular weight is 492 g/mol. The fourth-order valence-electron chi connectivity index (χ4n) is 4.36. The van der Waals surface area contributed by atoms with Crippen LogP contribution < -0.4 is 10.1 Å². The molecule has 0 bridgehead atoms. The van der Waals surface area contributed by atoms with Crippen LogP contribution in [0.5, 0.6) is 5.75 Å². The van der Waals surface area contributed by atoms with Gasteiger partial charge in [0.25, 0.3) is 5.91 Å². The summed E-state index contributed by atoms with van der Waals surface area (Å²) in [7, 11) is 1.63. The highest BCUT2D eigenvalue weighted by Crippen LogP contribution is 2.32. The Hall–Kier alpha value is -3.00. The first kappa shape index (κ1) is 24.1. The summed E-state index contributed by atoms with van der Waals surface area (Å²) in [4.78, 5) is 12.6. The monoisotopic (exact) mass is 491 g/mol. The summed E-state index contributed by atoms with van der Waals surface area (Å²) in [5.74, 6) is 0.609. The Bertz CT molecular complexity index is 1140. The molecule has 2 aromatic carbocycles. The molecule has 1 aromatic heterocycles. The van der Waals surface area contributed by atoms with E-state index in [4.69, 9.17) is 16.3 Å². The SMILES string of the molecule is COc1ccc(-c2ccnn2C[C@H]2CC[C@H](NC(=O)c3cc(C(F)(F)F)ccc3Cl)CC2)cc1. The zero-order chi connectivity index (χ0) is 24.3. The molecule has 34 heavy (non-hydrogen) atoms. The van der Waals surface area contributed by atoms with E-state index in [0.29, 0.717) is 5.92 Å². The summed E-state index contributed by atoms with van der Waals surface area (Å²) in [5.41, 5.74) is 1.03. The molecule has 1 N–H and O–H groups in total. The highest BCUT2D eigenvalue weighted by molar-refractivity contribution is 6.33. The highest BCUT2D eigenvalue weighted by Gasteiger charge is 2.32. The van der Waals surface area contributed by atoms with E-state index in [1.807, 2.05) is 35.0 Å². The molecular weight excluding hydrogens is 467 g/mol. The maximum absolute atomic E-state index is 13.0. The molecule has 0 saturated heterocycles. The van der Waals surface area contributed by atoms with Gasteiger partial charge < -0.3 is 10.1 Å². The molecule has 0 aliphatic heterocycles. The van der Waals surface area contributed by atoms with Gasteiger partial charge in [-0.2, -0.15) is 18.3 Å². The van der Waals surface area contributed by atoms with Crippen LogP contribution in [-0.4, -0.2) is 28.8 Å². The van der Waals surface area contributed by atoms with E-state index >= 15 is 0 Å². The molecule has 1 heterocycles. The van der Waals surface area contributed by atoms with E-state index in [9.17, 15) is 18.0 Å². The molecule has 5 nitrogen and oxygen atoms in total. The number of nitrogens with one attached hydrogen (secondary N) is 1. The quantitative estimate of drug-likeness (QED) is 0.445. The lowest BCUT2D eigenvalue weighted by Crippen LogP contribution is -2.38. The average Bonchev–Trinajstić information content (AvgIpc) is 3.28. The third kappa shape index (κ3) is 5.55. The number of aromatic nitrogens is 2. The molecule has 1 amide bonds. The van der Waals surface area contributed by atoms with Crippen molar-refractivity contribution in [3.8, 4) is 17.0 Å². The Morgan fingerprint density at radius 2 is 1.82 bits per heavy atom. The molecule has 3 aromatic rings.